The van der Waals surface area contributed by atoms with Crippen LogP contribution in [-0.2, 0) is 11.3 Å². The van der Waals surface area contributed by atoms with Crippen LogP contribution in [0.3, 0.4) is 0 Å². The molecule has 1 aliphatic carbocycles. The highest BCUT2D eigenvalue weighted by Gasteiger charge is 2.26. The summed E-state index contributed by atoms with van der Waals surface area (Å²) in [6.07, 6.45) is 4.19. The minimum absolute atomic E-state index is 0.0261. The van der Waals surface area contributed by atoms with Gasteiger partial charge in [-0.2, -0.15) is 9.78 Å². The summed E-state index contributed by atoms with van der Waals surface area (Å²) in [5.74, 6) is 0.0407. The van der Waals surface area contributed by atoms with E-state index in [9.17, 15) is 14.7 Å². The molecule has 2 aromatic carbocycles. The van der Waals surface area contributed by atoms with Crippen molar-refractivity contribution in [1.29, 1.82) is 0 Å². The Morgan fingerprint density at radius 3 is 2.62 bits per heavy atom. The molecule has 8 heteroatoms. The Bertz CT molecular complexity index is 1150. The summed E-state index contributed by atoms with van der Waals surface area (Å²) in [5, 5.41) is 21.2. The molecule has 1 saturated carbocycles. The Hall–Kier alpha value is -3.32. The van der Waals surface area contributed by atoms with Gasteiger partial charge in [-0.05, 0) is 48.7 Å². The third-order valence-corrected chi connectivity index (χ3v) is 6.05. The van der Waals surface area contributed by atoms with Gasteiger partial charge in [-0.15, -0.1) is 0 Å². The number of aromatic nitrogens is 2. The van der Waals surface area contributed by atoms with Crippen molar-refractivity contribution in [2.75, 3.05) is 5.32 Å². The molecular formula is C24H25ClN4O3. The maximum atomic E-state index is 13.1. The molecule has 1 aliphatic rings. The van der Waals surface area contributed by atoms with Crippen LogP contribution in [0.5, 0.6) is 5.75 Å². The van der Waals surface area contributed by atoms with Crippen molar-refractivity contribution in [3.05, 3.63) is 64.8 Å². The molecule has 0 spiro atoms. The fourth-order valence-corrected chi connectivity index (χ4v) is 4.31. The number of rotatable bonds is 5. The molecule has 3 N–H and O–H groups in total. The zero-order chi connectivity index (χ0) is 22.7. The highest BCUT2D eigenvalue weighted by molar-refractivity contribution is 6.31. The number of phenols is 1. The van der Waals surface area contributed by atoms with Crippen LogP contribution in [0.15, 0.2) is 48.5 Å². The third-order valence-electron chi connectivity index (χ3n) is 5.68. The number of nitrogens with zero attached hydrogens (tertiary/aromatic N) is 2. The quantitative estimate of drug-likeness (QED) is 0.458. The summed E-state index contributed by atoms with van der Waals surface area (Å²) in [4.78, 5) is 24.5. The van der Waals surface area contributed by atoms with Crippen molar-refractivity contribution in [1.82, 2.24) is 15.1 Å². The van der Waals surface area contributed by atoms with Crippen LogP contribution in [0, 0.1) is 0 Å². The number of hydrogen-bond donors (Lipinski definition) is 3. The van der Waals surface area contributed by atoms with Crippen molar-refractivity contribution in [3.63, 3.8) is 0 Å². The van der Waals surface area contributed by atoms with Gasteiger partial charge in [-0.1, -0.05) is 42.6 Å². The molecule has 3 aromatic rings. The molecule has 1 heterocycles. The number of halogens is 1. The first-order chi connectivity index (χ1) is 15.4. The number of amides is 2. The van der Waals surface area contributed by atoms with Gasteiger partial charge in [0, 0.05) is 35.7 Å². The lowest BCUT2D eigenvalue weighted by molar-refractivity contribution is -0.114. The van der Waals surface area contributed by atoms with Gasteiger partial charge in [0.1, 0.15) is 5.75 Å². The predicted octanol–water partition coefficient (Wildman–Crippen LogP) is 5.28. The first-order valence-electron chi connectivity index (χ1n) is 10.6. The Kier molecular flexibility index (Phi) is 6.46. The molecule has 0 bridgehead atoms. The lowest BCUT2D eigenvalue weighted by atomic mass is 10.0. The molecule has 4 rings (SSSR count). The van der Waals surface area contributed by atoms with E-state index >= 15 is 0 Å². The predicted molar refractivity (Wildman–Crippen MR) is 124 cm³/mol. The minimum Gasteiger partial charge on any atom is -0.507 e. The molecule has 0 atom stereocenters. The summed E-state index contributed by atoms with van der Waals surface area (Å²) >= 11 is 6.21. The van der Waals surface area contributed by atoms with Gasteiger partial charge in [0.15, 0.2) is 0 Å². The fraction of sp³-hybridized carbons (Fsp3) is 0.292. The fourth-order valence-electron chi connectivity index (χ4n) is 4.11. The molecule has 0 saturated heterocycles. The van der Waals surface area contributed by atoms with Gasteiger partial charge >= 0.3 is 6.03 Å². The number of carbonyl (C=O) groups excluding carboxylic acids is 2. The Labute approximate surface area is 191 Å². The van der Waals surface area contributed by atoms with Crippen LogP contribution in [0.25, 0.3) is 11.3 Å². The Morgan fingerprint density at radius 1 is 1.16 bits per heavy atom. The van der Waals surface area contributed by atoms with Gasteiger partial charge in [-0.3, -0.25) is 4.79 Å². The molecule has 32 heavy (non-hydrogen) atoms. The van der Waals surface area contributed by atoms with E-state index in [1.807, 2.05) is 24.3 Å². The van der Waals surface area contributed by atoms with Crippen molar-refractivity contribution in [2.45, 2.75) is 45.1 Å². The number of phenolic OH excluding ortho intramolecular Hbond substituents is 1. The second kappa shape index (κ2) is 9.44. The zero-order valence-corrected chi connectivity index (χ0v) is 18.5. The molecule has 0 aliphatic heterocycles. The monoisotopic (exact) mass is 452 g/mol. The largest absolute Gasteiger partial charge is 0.507 e. The maximum Gasteiger partial charge on any atom is 0.342 e. The smallest absolute Gasteiger partial charge is 0.342 e. The normalized spacial score (nSPS) is 13.8. The third kappa shape index (κ3) is 4.78. The SMILES string of the molecule is CC(=O)Nc1ccc(O)c(-c2cc(C3CCCC3)n(C(=O)NCc3ccccc3Cl)n2)c1. The lowest BCUT2D eigenvalue weighted by Gasteiger charge is -2.12. The number of hydrogen-bond acceptors (Lipinski definition) is 4. The molecule has 166 valence electrons. The van der Waals surface area contributed by atoms with E-state index in [0.717, 1.165) is 36.9 Å². The van der Waals surface area contributed by atoms with Crippen LogP contribution in [-0.4, -0.2) is 26.8 Å². The number of aromatic hydroxyl groups is 1. The zero-order valence-electron chi connectivity index (χ0n) is 17.8. The summed E-state index contributed by atoms with van der Waals surface area (Å²) in [7, 11) is 0. The average Bonchev–Trinajstić information content (AvgIpc) is 3.44. The second-order valence-electron chi connectivity index (χ2n) is 8.01. The van der Waals surface area contributed by atoms with E-state index in [1.165, 1.54) is 17.7 Å². The summed E-state index contributed by atoms with van der Waals surface area (Å²) in [6.45, 7) is 1.70. The van der Waals surface area contributed by atoms with Gasteiger partial charge in [-0.25, -0.2) is 4.79 Å². The highest BCUT2D eigenvalue weighted by Crippen LogP contribution is 2.38. The molecular weight excluding hydrogens is 428 g/mol. The molecule has 0 radical (unpaired) electrons. The summed E-state index contributed by atoms with van der Waals surface area (Å²) < 4.78 is 1.40. The van der Waals surface area contributed by atoms with E-state index < -0.39 is 0 Å². The van der Waals surface area contributed by atoms with Crippen molar-refractivity contribution in [3.8, 4) is 17.0 Å². The standard InChI is InChI=1S/C24H25ClN4O3/c1-15(30)27-18-10-11-23(31)19(12-18)21-13-22(16-6-2-3-7-16)29(28-21)24(32)26-14-17-8-4-5-9-20(17)25/h4-5,8-13,16,31H,2-3,6-7,14H2,1H3,(H,26,32)(H,27,30). The first-order valence-corrected chi connectivity index (χ1v) is 11.0. The summed E-state index contributed by atoms with van der Waals surface area (Å²) in [5.41, 5.74) is 3.11. The van der Waals surface area contributed by atoms with E-state index in [2.05, 4.69) is 15.7 Å². The highest BCUT2D eigenvalue weighted by atomic mass is 35.5. The average molecular weight is 453 g/mol. The van der Waals surface area contributed by atoms with Crippen LogP contribution in [0.1, 0.15) is 49.8 Å². The number of nitrogens with one attached hydrogen (secondary N) is 2. The van der Waals surface area contributed by atoms with Gasteiger partial charge in [0.05, 0.1) is 11.4 Å². The Balaban J connectivity index is 1.66. The Morgan fingerprint density at radius 2 is 1.91 bits per heavy atom. The van der Waals surface area contributed by atoms with E-state index in [0.29, 0.717) is 22.0 Å². The second-order valence-corrected chi connectivity index (χ2v) is 8.42. The molecule has 0 unspecified atom stereocenters. The lowest BCUT2D eigenvalue weighted by Crippen LogP contribution is -2.30. The van der Waals surface area contributed by atoms with Crippen LogP contribution in [0.4, 0.5) is 10.5 Å². The molecule has 1 fully saturated rings. The van der Waals surface area contributed by atoms with Crippen LogP contribution < -0.4 is 10.6 Å². The van der Waals surface area contributed by atoms with Crippen molar-refractivity contribution in [2.24, 2.45) is 0 Å². The molecule has 7 nitrogen and oxygen atoms in total. The maximum absolute atomic E-state index is 13.1. The first kappa shape index (κ1) is 21.9. The molecule has 2 amide bonds. The molecule has 1 aromatic heterocycles. The minimum atomic E-state index is -0.351. The number of anilines is 1. The van der Waals surface area contributed by atoms with Gasteiger partial charge in [0.2, 0.25) is 5.91 Å². The van der Waals surface area contributed by atoms with Crippen LogP contribution in [0.2, 0.25) is 5.02 Å². The number of carbonyl (C=O) groups is 2. The number of benzene rings is 2. The topological polar surface area (TPSA) is 96.2 Å². The van der Waals surface area contributed by atoms with Crippen LogP contribution >= 0.6 is 11.6 Å². The van der Waals surface area contributed by atoms with Crippen molar-refractivity contribution < 1.29 is 14.7 Å². The van der Waals surface area contributed by atoms with Crippen molar-refractivity contribution >= 4 is 29.2 Å². The van der Waals surface area contributed by atoms with E-state index in [4.69, 9.17) is 11.6 Å². The van der Waals surface area contributed by atoms with E-state index in [1.54, 1.807) is 18.2 Å². The van der Waals surface area contributed by atoms with Gasteiger partial charge < -0.3 is 15.7 Å². The van der Waals surface area contributed by atoms with Gasteiger partial charge in [0.25, 0.3) is 0 Å². The summed E-state index contributed by atoms with van der Waals surface area (Å²) in [6, 6.07) is 13.6. The van der Waals surface area contributed by atoms with E-state index in [-0.39, 0.29) is 30.2 Å².